The van der Waals surface area contributed by atoms with Crippen molar-refractivity contribution in [3.05, 3.63) is 92.2 Å². The summed E-state index contributed by atoms with van der Waals surface area (Å²) in [5.41, 5.74) is 9.56. The second-order valence-corrected chi connectivity index (χ2v) is 9.44. The summed E-state index contributed by atoms with van der Waals surface area (Å²) in [4.78, 5) is 38.1. The minimum atomic E-state index is -1.09. The second kappa shape index (κ2) is 12.1. The van der Waals surface area contributed by atoms with Crippen molar-refractivity contribution in [2.24, 2.45) is 10.8 Å². The van der Waals surface area contributed by atoms with E-state index in [2.05, 4.69) is 15.5 Å². The maximum Gasteiger partial charge on any atom is 0.345 e. The van der Waals surface area contributed by atoms with Crippen molar-refractivity contribution in [2.45, 2.75) is 6.92 Å². The molecular formula is C24H19ClN4O5S2. The Labute approximate surface area is 218 Å². The van der Waals surface area contributed by atoms with E-state index >= 15 is 0 Å². The lowest BCUT2D eigenvalue weighted by molar-refractivity contribution is 0.0701. The van der Waals surface area contributed by atoms with Crippen LogP contribution in [0, 0.1) is 0 Å². The third-order valence-corrected chi connectivity index (χ3v) is 6.93. The van der Waals surface area contributed by atoms with Gasteiger partial charge in [0.2, 0.25) is 5.91 Å². The number of nitrogens with two attached hydrogens (primary N) is 1. The molecule has 9 nitrogen and oxygen atoms in total. The molecule has 0 spiro atoms. The van der Waals surface area contributed by atoms with E-state index in [1.54, 1.807) is 36.6 Å². The van der Waals surface area contributed by atoms with Crippen molar-refractivity contribution in [3.63, 3.8) is 0 Å². The molecule has 0 aliphatic heterocycles. The first-order valence-electron chi connectivity index (χ1n) is 10.1. The zero-order chi connectivity index (χ0) is 26.2. The van der Waals surface area contributed by atoms with Crippen LogP contribution in [0.15, 0.2) is 71.4 Å². The van der Waals surface area contributed by atoms with E-state index in [1.807, 2.05) is 12.1 Å². The molecule has 3 aromatic heterocycles. The van der Waals surface area contributed by atoms with Crippen molar-refractivity contribution in [1.82, 2.24) is 10.4 Å². The van der Waals surface area contributed by atoms with Crippen LogP contribution in [0.2, 0.25) is 5.02 Å². The summed E-state index contributed by atoms with van der Waals surface area (Å²) in [7, 11) is 0. The summed E-state index contributed by atoms with van der Waals surface area (Å²) in [6.07, 6.45) is 3.06. The lowest BCUT2D eigenvalue weighted by Crippen LogP contribution is -2.18. The van der Waals surface area contributed by atoms with Gasteiger partial charge in [-0.05, 0) is 48.9 Å². The van der Waals surface area contributed by atoms with Crippen LogP contribution >= 0.6 is 34.3 Å². The van der Waals surface area contributed by atoms with E-state index in [-0.39, 0.29) is 15.5 Å². The van der Waals surface area contributed by atoms with Gasteiger partial charge in [-0.1, -0.05) is 23.7 Å². The number of primary amides is 1. The Bertz CT molecular complexity index is 1420. The van der Waals surface area contributed by atoms with Crippen LogP contribution in [0.3, 0.4) is 0 Å². The first kappa shape index (κ1) is 26.5. The summed E-state index contributed by atoms with van der Waals surface area (Å²) in [6.45, 7) is 1.66. The summed E-state index contributed by atoms with van der Waals surface area (Å²) < 4.78 is 0. The van der Waals surface area contributed by atoms with E-state index in [1.165, 1.54) is 35.9 Å². The molecule has 184 valence electrons. The van der Waals surface area contributed by atoms with Gasteiger partial charge < -0.3 is 15.9 Å². The van der Waals surface area contributed by atoms with Crippen LogP contribution in [0.25, 0.3) is 10.4 Å². The highest BCUT2D eigenvalue weighted by molar-refractivity contribution is 7.15. The predicted molar refractivity (Wildman–Crippen MR) is 140 cm³/mol. The van der Waals surface area contributed by atoms with Crippen LogP contribution in [0.5, 0.6) is 5.75 Å². The molecule has 2 amide bonds. The zero-order valence-corrected chi connectivity index (χ0v) is 21.0. The predicted octanol–water partition coefficient (Wildman–Crippen LogP) is 4.87. The molecule has 36 heavy (non-hydrogen) atoms. The number of amides is 2. The van der Waals surface area contributed by atoms with Crippen molar-refractivity contribution in [3.8, 4) is 16.2 Å². The number of nitrogens with one attached hydrogen (secondary N) is 1. The number of rotatable bonds is 6. The van der Waals surface area contributed by atoms with E-state index < -0.39 is 17.8 Å². The van der Waals surface area contributed by atoms with Crippen LogP contribution in [0.1, 0.15) is 42.2 Å². The lowest BCUT2D eigenvalue weighted by Gasteiger charge is -2.03. The highest BCUT2D eigenvalue weighted by atomic mass is 35.5. The number of thiophene rings is 2. The van der Waals surface area contributed by atoms with Gasteiger partial charge in [0.25, 0.3) is 5.91 Å². The highest BCUT2D eigenvalue weighted by Crippen LogP contribution is 2.39. The Balaban J connectivity index is 0.000000338. The SMILES string of the molecule is CC(=NNC(=O)c1ccc(C(=O)O)s1)c1csc(-c2ccc(Cl)cc2)c1O.NC(=O)c1ccncc1. The molecule has 4 aromatic rings. The fraction of sp³-hybridized carbons (Fsp3) is 0.0417. The van der Waals surface area contributed by atoms with E-state index in [0.717, 1.165) is 16.9 Å². The largest absolute Gasteiger partial charge is 0.506 e. The smallest absolute Gasteiger partial charge is 0.345 e. The average Bonchev–Trinajstić information content (AvgIpc) is 3.51. The monoisotopic (exact) mass is 542 g/mol. The maximum atomic E-state index is 12.1. The summed E-state index contributed by atoms with van der Waals surface area (Å²) in [5, 5.41) is 25.8. The summed E-state index contributed by atoms with van der Waals surface area (Å²) in [6, 6.07) is 13.0. The molecule has 5 N–H and O–H groups in total. The van der Waals surface area contributed by atoms with Crippen LogP contribution in [-0.4, -0.2) is 38.7 Å². The molecule has 0 aliphatic rings. The van der Waals surface area contributed by atoms with E-state index in [4.69, 9.17) is 22.4 Å². The van der Waals surface area contributed by atoms with Gasteiger partial charge in [-0.3, -0.25) is 14.6 Å². The molecule has 0 saturated heterocycles. The number of aromatic hydroxyl groups is 1. The van der Waals surface area contributed by atoms with Gasteiger partial charge in [0, 0.05) is 28.4 Å². The number of carbonyl (C=O) groups is 3. The fourth-order valence-corrected chi connectivity index (χ4v) is 4.63. The molecule has 0 aliphatic carbocycles. The second-order valence-electron chi connectivity index (χ2n) is 7.04. The van der Waals surface area contributed by atoms with Gasteiger partial charge in [0.15, 0.2) is 0 Å². The Kier molecular flexibility index (Phi) is 8.90. The third kappa shape index (κ3) is 6.75. The minimum absolute atomic E-state index is 0.0714. The molecule has 4 rings (SSSR count). The van der Waals surface area contributed by atoms with Gasteiger partial charge in [-0.15, -0.1) is 22.7 Å². The quantitative estimate of drug-likeness (QED) is 0.201. The first-order valence-corrected chi connectivity index (χ1v) is 12.2. The number of hydrazone groups is 1. The van der Waals surface area contributed by atoms with Crippen LogP contribution < -0.4 is 11.2 Å². The topological polar surface area (TPSA) is 155 Å². The van der Waals surface area contributed by atoms with Crippen molar-refractivity contribution < 1.29 is 24.6 Å². The number of aromatic nitrogens is 1. The number of carboxylic acid groups (broad SMARTS) is 1. The molecule has 12 heteroatoms. The summed E-state index contributed by atoms with van der Waals surface area (Å²) in [5.74, 6) is -1.95. The highest BCUT2D eigenvalue weighted by Gasteiger charge is 2.16. The standard InChI is InChI=1S/C18H13ClN2O4S2.C6H6N2O/c1-9(20-21-17(23)13-6-7-14(27-13)18(24)25)12-8-26-16(15(12)22)10-2-4-11(19)5-3-10;7-6(9)5-1-3-8-4-2-5/h2-8,22H,1H3,(H,21,23)(H,24,25);1-4H,(H2,7,9). The number of nitrogens with zero attached hydrogens (tertiary/aromatic N) is 2. The van der Waals surface area contributed by atoms with Crippen molar-refractivity contribution >= 4 is 57.8 Å². The van der Waals surface area contributed by atoms with Gasteiger partial charge in [0.1, 0.15) is 10.6 Å². The molecule has 0 unspecified atom stereocenters. The molecule has 0 saturated carbocycles. The number of carboxylic acids is 1. The molecule has 0 bridgehead atoms. The molecule has 0 radical (unpaired) electrons. The fourth-order valence-electron chi connectivity index (χ4n) is 2.76. The Morgan fingerprint density at radius 3 is 2.22 bits per heavy atom. The Morgan fingerprint density at radius 2 is 1.67 bits per heavy atom. The van der Waals surface area contributed by atoms with Crippen LogP contribution in [-0.2, 0) is 0 Å². The third-order valence-electron chi connectivity index (χ3n) is 4.59. The van der Waals surface area contributed by atoms with E-state index in [9.17, 15) is 19.5 Å². The number of carbonyl (C=O) groups excluding carboxylic acids is 2. The normalized spacial score (nSPS) is 10.8. The first-order chi connectivity index (χ1) is 17.2. The van der Waals surface area contributed by atoms with Crippen LogP contribution in [0.4, 0.5) is 0 Å². The average molecular weight is 543 g/mol. The molecule has 1 aromatic carbocycles. The van der Waals surface area contributed by atoms with E-state index in [0.29, 0.717) is 26.7 Å². The number of halogens is 1. The molecule has 3 heterocycles. The number of aromatic carboxylic acids is 1. The lowest BCUT2D eigenvalue weighted by atomic mass is 10.1. The van der Waals surface area contributed by atoms with Crippen molar-refractivity contribution in [1.29, 1.82) is 0 Å². The number of hydrogen-bond donors (Lipinski definition) is 4. The molecule has 0 atom stereocenters. The van der Waals surface area contributed by atoms with Gasteiger partial charge >= 0.3 is 5.97 Å². The Hall–Kier alpha value is -4.06. The Morgan fingerprint density at radius 1 is 1.03 bits per heavy atom. The van der Waals surface area contributed by atoms with Gasteiger partial charge in [-0.2, -0.15) is 5.10 Å². The minimum Gasteiger partial charge on any atom is -0.506 e. The maximum absolute atomic E-state index is 12.1. The van der Waals surface area contributed by atoms with Crippen molar-refractivity contribution in [2.75, 3.05) is 0 Å². The number of benzene rings is 1. The van der Waals surface area contributed by atoms with Gasteiger partial charge in [0.05, 0.1) is 21.0 Å². The summed E-state index contributed by atoms with van der Waals surface area (Å²) >= 11 is 8.10. The number of pyridine rings is 1. The molecule has 0 fully saturated rings. The molecular weight excluding hydrogens is 524 g/mol. The zero-order valence-electron chi connectivity index (χ0n) is 18.6. The van der Waals surface area contributed by atoms with Gasteiger partial charge in [-0.25, -0.2) is 10.2 Å². The number of hydrogen-bond acceptors (Lipinski definition) is 8.